The smallest absolute Gasteiger partial charge is 0.249 e. The number of amides is 1. The molecule has 1 aromatic carbocycles. The molecule has 132 valence electrons. The maximum absolute atomic E-state index is 13.5. The summed E-state index contributed by atoms with van der Waals surface area (Å²) in [6, 6.07) is 3.16. The lowest BCUT2D eigenvalue weighted by atomic mass is 9.98. The van der Waals surface area contributed by atoms with E-state index in [0.717, 1.165) is 37.8 Å². The van der Waals surface area contributed by atoms with E-state index in [4.69, 9.17) is 4.74 Å². The predicted molar refractivity (Wildman–Crippen MR) is 84.3 cm³/mol. The maximum atomic E-state index is 13.5. The van der Waals surface area contributed by atoms with Crippen LogP contribution >= 0.6 is 0 Å². The summed E-state index contributed by atoms with van der Waals surface area (Å²) in [6.45, 7) is 0.161. The fraction of sp³-hybridized carbons (Fsp3) is 0.611. The van der Waals surface area contributed by atoms with E-state index in [0.29, 0.717) is 12.0 Å². The quantitative estimate of drug-likeness (QED) is 0.918. The average molecular weight is 339 g/mol. The highest BCUT2D eigenvalue weighted by Gasteiger charge is 2.35. The molecular weight excluding hydrogens is 316 g/mol. The summed E-state index contributed by atoms with van der Waals surface area (Å²) in [5.74, 6) is -2.08. The van der Waals surface area contributed by atoms with Gasteiger partial charge in [0.1, 0.15) is 6.61 Å². The third-order valence-corrected chi connectivity index (χ3v) is 4.92. The zero-order valence-corrected chi connectivity index (χ0v) is 13.6. The molecule has 2 aliphatic rings. The van der Waals surface area contributed by atoms with Crippen molar-refractivity contribution in [3.63, 3.8) is 0 Å². The standard InChI is InChI=1S/C18H23F2NO3/c19-15-7-6-12(8-16(15)20)17-9-13(22)10-21(17)18(23)11-24-14-4-2-1-3-5-14/h6-8,13-14,17,22H,1-5,9-11H2/t13-,17-/m0/s1. The summed E-state index contributed by atoms with van der Waals surface area (Å²) in [7, 11) is 0. The highest BCUT2D eigenvalue weighted by Crippen LogP contribution is 2.33. The molecule has 1 amide bonds. The second-order valence-corrected chi connectivity index (χ2v) is 6.70. The molecule has 0 spiro atoms. The molecule has 1 N–H and O–H groups in total. The van der Waals surface area contributed by atoms with Crippen molar-refractivity contribution in [2.24, 2.45) is 0 Å². The van der Waals surface area contributed by atoms with Crippen molar-refractivity contribution >= 4 is 5.91 Å². The number of hydrogen-bond acceptors (Lipinski definition) is 3. The summed E-state index contributed by atoms with van der Waals surface area (Å²) in [5.41, 5.74) is 0.497. The number of nitrogens with zero attached hydrogens (tertiary/aromatic N) is 1. The van der Waals surface area contributed by atoms with Crippen LogP contribution in [0.1, 0.15) is 50.1 Å². The first kappa shape index (κ1) is 17.3. The highest BCUT2D eigenvalue weighted by molar-refractivity contribution is 5.78. The maximum Gasteiger partial charge on any atom is 0.249 e. The summed E-state index contributed by atoms with van der Waals surface area (Å²) < 4.78 is 32.3. The minimum atomic E-state index is -0.945. The van der Waals surface area contributed by atoms with Gasteiger partial charge in [0, 0.05) is 6.54 Å². The lowest BCUT2D eigenvalue weighted by Crippen LogP contribution is -2.36. The minimum absolute atomic E-state index is 0.0302. The number of carbonyl (C=O) groups excluding carboxylic acids is 1. The number of benzene rings is 1. The Morgan fingerprint density at radius 3 is 2.67 bits per heavy atom. The van der Waals surface area contributed by atoms with Crippen molar-refractivity contribution in [1.82, 2.24) is 4.90 Å². The molecule has 1 aliphatic heterocycles. The van der Waals surface area contributed by atoms with Crippen molar-refractivity contribution in [2.75, 3.05) is 13.2 Å². The molecule has 1 heterocycles. The Morgan fingerprint density at radius 2 is 1.96 bits per heavy atom. The number of aliphatic hydroxyl groups excluding tert-OH is 1. The van der Waals surface area contributed by atoms with Gasteiger partial charge >= 0.3 is 0 Å². The highest BCUT2D eigenvalue weighted by atomic mass is 19.2. The van der Waals surface area contributed by atoms with E-state index in [1.807, 2.05) is 0 Å². The van der Waals surface area contributed by atoms with Crippen molar-refractivity contribution in [2.45, 2.75) is 56.8 Å². The summed E-state index contributed by atoms with van der Waals surface area (Å²) in [6.07, 6.45) is 5.19. The molecule has 2 atom stereocenters. The Bertz CT molecular complexity index is 590. The normalized spacial score (nSPS) is 25.2. The first-order valence-electron chi connectivity index (χ1n) is 8.58. The van der Waals surface area contributed by atoms with Crippen LogP contribution in [-0.4, -0.2) is 41.3 Å². The van der Waals surface area contributed by atoms with Gasteiger partial charge < -0.3 is 14.7 Å². The van der Waals surface area contributed by atoms with E-state index in [1.54, 1.807) is 0 Å². The van der Waals surface area contributed by atoms with Crippen LogP contribution in [0.4, 0.5) is 8.78 Å². The number of hydrogen-bond donors (Lipinski definition) is 1. The predicted octanol–water partition coefficient (Wildman–Crippen LogP) is 2.95. The van der Waals surface area contributed by atoms with Crippen molar-refractivity contribution in [1.29, 1.82) is 0 Å². The second kappa shape index (κ2) is 7.57. The van der Waals surface area contributed by atoms with Gasteiger partial charge in [0.05, 0.1) is 18.2 Å². The van der Waals surface area contributed by atoms with Crippen LogP contribution in [0, 0.1) is 11.6 Å². The monoisotopic (exact) mass is 339 g/mol. The Hall–Kier alpha value is -1.53. The molecule has 1 aromatic rings. The SMILES string of the molecule is O=C(COC1CCCCC1)N1C[C@@H](O)C[C@H]1c1ccc(F)c(F)c1. The number of aliphatic hydroxyl groups is 1. The third-order valence-electron chi connectivity index (χ3n) is 4.92. The topological polar surface area (TPSA) is 49.8 Å². The van der Waals surface area contributed by atoms with Crippen molar-refractivity contribution in [3.8, 4) is 0 Å². The first-order chi connectivity index (χ1) is 11.5. The Balaban J connectivity index is 1.65. The molecule has 0 radical (unpaired) electrons. The van der Waals surface area contributed by atoms with Crippen LogP contribution in [0.15, 0.2) is 18.2 Å². The van der Waals surface area contributed by atoms with Gasteiger partial charge in [-0.1, -0.05) is 25.3 Å². The summed E-state index contributed by atoms with van der Waals surface area (Å²) >= 11 is 0. The van der Waals surface area contributed by atoms with Crippen LogP contribution in [0.25, 0.3) is 0 Å². The molecule has 24 heavy (non-hydrogen) atoms. The van der Waals surface area contributed by atoms with Crippen LogP contribution in [-0.2, 0) is 9.53 Å². The molecule has 3 rings (SSSR count). The summed E-state index contributed by atoms with van der Waals surface area (Å²) in [4.78, 5) is 14.0. The fourth-order valence-electron chi connectivity index (χ4n) is 3.63. The molecule has 4 nitrogen and oxygen atoms in total. The van der Waals surface area contributed by atoms with Gasteiger partial charge in [0.2, 0.25) is 5.91 Å². The van der Waals surface area contributed by atoms with E-state index in [-0.39, 0.29) is 25.2 Å². The van der Waals surface area contributed by atoms with E-state index >= 15 is 0 Å². The number of ether oxygens (including phenoxy) is 1. The zero-order chi connectivity index (χ0) is 17.1. The molecule has 1 saturated heterocycles. The van der Waals surface area contributed by atoms with Crippen molar-refractivity contribution < 1.29 is 23.4 Å². The molecule has 1 aliphatic carbocycles. The fourth-order valence-corrected chi connectivity index (χ4v) is 3.63. The number of β-amino-alcohol motifs (C(OH)–C–C–N with tert-alkyl or cyclic N) is 1. The van der Waals surface area contributed by atoms with Gasteiger partial charge in [-0.2, -0.15) is 0 Å². The van der Waals surface area contributed by atoms with Gasteiger partial charge in [0.15, 0.2) is 11.6 Å². The molecule has 1 saturated carbocycles. The van der Waals surface area contributed by atoms with Gasteiger partial charge in [-0.25, -0.2) is 8.78 Å². The molecule has 2 fully saturated rings. The molecule has 0 aromatic heterocycles. The van der Waals surface area contributed by atoms with Crippen molar-refractivity contribution in [3.05, 3.63) is 35.4 Å². The van der Waals surface area contributed by atoms with E-state index in [9.17, 15) is 18.7 Å². The van der Waals surface area contributed by atoms with E-state index in [2.05, 4.69) is 0 Å². The summed E-state index contributed by atoms with van der Waals surface area (Å²) in [5, 5.41) is 9.92. The molecule has 0 unspecified atom stereocenters. The zero-order valence-electron chi connectivity index (χ0n) is 13.6. The lowest BCUT2D eigenvalue weighted by Gasteiger charge is -2.27. The van der Waals surface area contributed by atoms with Crippen LogP contribution < -0.4 is 0 Å². The first-order valence-corrected chi connectivity index (χ1v) is 8.58. The number of halogens is 2. The number of rotatable bonds is 4. The Labute approximate surface area is 140 Å². The number of likely N-dealkylation sites (tertiary alicyclic amines) is 1. The van der Waals surface area contributed by atoms with Gasteiger partial charge in [-0.05, 0) is 37.0 Å². The Morgan fingerprint density at radius 1 is 1.21 bits per heavy atom. The second-order valence-electron chi connectivity index (χ2n) is 6.70. The molecular formula is C18H23F2NO3. The lowest BCUT2D eigenvalue weighted by molar-refractivity contribution is -0.140. The van der Waals surface area contributed by atoms with Crippen LogP contribution in [0.3, 0.4) is 0 Å². The van der Waals surface area contributed by atoms with Gasteiger partial charge in [-0.3, -0.25) is 4.79 Å². The third kappa shape index (κ3) is 3.92. The molecule has 6 heteroatoms. The number of carbonyl (C=O) groups is 1. The van der Waals surface area contributed by atoms with Gasteiger partial charge in [-0.15, -0.1) is 0 Å². The minimum Gasteiger partial charge on any atom is -0.391 e. The van der Waals surface area contributed by atoms with Gasteiger partial charge in [0.25, 0.3) is 0 Å². The average Bonchev–Trinajstić information content (AvgIpc) is 2.98. The largest absolute Gasteiger partial charge is 0.391 e. The van der Waals surface area contributed by atoms with E-state index < -0.39 is 23.8 Å². The molecule has 0 bridgehead atoms. The van der Waals surface area contributed by atoms with Crippen LogP contribution in [0.5, 0.6) is 0 Å². The Kier molecular flexibility index (Phi) is 5.46. The van der Waals surface area contributed by atoms with Crippen LogP contribution in [0.2, 0.25) is 0 Å². The van der Waals surface area contributed by atoms with E-state index in [1.165, 1.54) is 17.4 Å².